The van der Waals surface area contributed by atoms with Crippen molar-refractivity contribution in [1.29, 1.82) is 0 Å². The number of hydrogen-bond acceptors (Lipinski definition) is 9. The molecule has 4 rings (SSSR count). The number of aryl methyl sites for hydroxylation is 1. The summed E-state index contributed by atoms with van der Waals surface area (Å²) in [4.78, 5) is 26.0. The number of carbonyl (C=O) groups excluding carboxylic acids is 1. The molecule has 1 aliphatic rings. The van der Waals surface area contributed by atoms with Crippen LogP contribution < -0.4 is 10.2 Å². The van der Waals surface area contributed by atoms with Gasteiger partial charge < -0.3 is 18.9 Å². The van der Waals surface area contributed by atoms with Crippen LogP contribution in [-0.2, 0) is 22.3 Å². The normalized spacial score (nSPS) is 14.2. The minimum Gasteiger partial charge on any atom is -0.444 e. The van der Waals surface area contributed by atoms with E-state index in [0.717, 1.165) is 18.9 Å². The summed E-state index contributed by atoms with van der Waals surface area (Å²) in [5, 5.41) is 5.80. The van der Waals surface area contributed by atoms with Crippen molar-refractivity contribution in [2.75, 3.05) is 36.5 Å². The van der Waals surface area contributed by atoms with Crippen LogP contribution in [0.3, 0.4) is 0 Å². The predicted molar refractivity (Wildman–Crippen MR) is 108 cm³/mol. The molecule has 0 aliphatic carbocycles. The van der Waals surface area contributed by atoms with Gasteiger partial charge in [0, 0.05) is 36.6 Å². The van der Waals surface area contributed by atoms with Crippen molar-refractivity contribution in [3.8, 4) is 11.4 Å². The highest BCUT2D eigenvalue weighted by Gasteiger charge is 2.38. The number of halogens is 3. The van der Waals surface area contributed by atoms with Crippen molar-refractivity contribution in [2.45, 2.75) is 19.7 Å². The third-order valence-electron chi connectivity index (χ3n) is 4.74. The van der Waals surface area contributed by atoms with Gasteiger partial charge in [-0.05, 0) is 24.6 Å². The first-order chi connectivity index (χ1) is 15.8. The van der Waals surface area contributed by atoms with Gasteiger partial charge in [0.15, 0.2) is 0 Å². The van der Waals surface area contributed by atoms with Gasteiger partial charge in [0.05, 0.1) is 13.2 Å². The Morgan fingerprint density at radius 1 is 1.21 bits per heavy atom. The summed E-state index contributed by atoms with van der Waals surface area (Å²) >= 11 is 0. The minimum absolute atomic E-state index is 0.00241. The molecule has 3 aromatic heterocycles. The summed E-state index contributed by atoms with van der Waals surface area (Å²) in [5.74, 6) is -0.701. The van der Waals surface area contributed by atoms with Crippen LogP contribution in [0.5, 0.6) is 0 Å². The average Bonchev–Trinajstić information content (AvgIpc) is 3.31. The molecule has 0 saturated carbocycles. The summed E-state index contributed by atoms with van der Waals surface area (Å²) < 4.78 is 52.6. The zero-order chi connectivity index (χ0) is 23.4. The molecule has 33 heavy (non-hydrogen) atoms. The second-order valence-corrected chi connectivity index (χ2v) is 7.14. The zero-order valence-corrected chi connectivity index (χ0v) is 17.4. The molecule has 4 heterocycles. The molecule has 1 N–H and O–H groups in total. The van der Waals surface area contributed by atoms with Crippen molar-refractivity contribution < 1.29 is 32.0 Å². The lowest BCUT2D eigenvalue weighted by atomic mass is 10.2. The Hall–Kier alpha value is -3.74. The van der Waals surface area contributed by atoms with Gasteiger partial charge in [-0.3, -0.25) is 5.32 Å². The molecule has 1 aliphatic heterocycles. The Morgan fingerprint density at radius 2 is 2.00 bits per heavy atom. The minimum atomic E-state index is -4.74. The van der Waals surface area contributed by atoms with Crippen LogP contribution in [0.2, 0.25) is 0 Å². The maximum atomic E-state index is 12.6. The largest absolute Gasteiger partial charge is 0.471 e. The third-order valence-corrected chi connectivity index (χ3v) is 4.74. The molecular formula is C20H19F3N6O4. The number of morpholine rings is 1. The average molecular weight is 464 g/mol. The van der Waals surface area contributed by atoms with E-state index in [4.69, 9.17) is 9.47 Å². The van der Waals surface area contributed by atoms with Crippen molar-refractivity contribution >= 4 is 17.7 Å². The van der Waals surface area contributed by atoms with Crippen LogP contribution in [0.25, 0.3) is 11.4 Å². The number of rotatable bonds is 5. The first kappa shape index (κ1) is 22.5. The second kappa shape index (κ2) is 9.40. The van der Waals surface area contributed by atoms with Crippen molar-refractivity contribution in [1.82, 2.24) is 20.1 Å². The van der Waals surface area contributed by atoms with Gasteiger partial charge in [-0.2, -0.15) is 18.2 Å². The van der Waals surface area contributed by atoms with Crippen LogP contribution in [0.1, 0.15) is 17.0 Å². The maximum absolute atomic E-state index is 12.6. The number of anilines is 2. The highest BCUT2D eigenvalue weighted by molar-refractivity contribution is 5.84. The molecule has 174 valence electrons. The van der Waals surface area contributed by atoms with Gasteiger partial charge in [-0.25, -0.2) is 14.8 Å². The van der Waals surface area contributed by atoms with Gasteiger partial charge in [0.25, 0.3) is 0 Å². The number of aromatic nitrogens is 4. The maximum Gasteiger partial charge on any atom is 0.471 e. The fourth-order valence-electron chi connectivity index (χ4n) is 3.05. The smallest absolute Gasteiger partial charge is 0.444 e. The summed E-state index contributed by atoms with van der Waals surface area (Å²) in [7, 11) is 0. The number of amides is 1. The van der Waals surface area contributed by atoms with Crippen LogP contribution >= 0.6 is 0 Å². The highest BCUT2D eigenvalue weighted by Crippen LogP contribution is 2.29. The number of carbonyl (C=O) groups is 1. The molecule has 0 spiro atoms. The van der Waals surface area contributed by atoms with Gasteiger partial charge in [0.1, 0.15) is 18.2 Å². The summed E-state index contributed by atoms with van der Waals surface area (Å²) in [6, 6.07) is 5.15. The van der Waals surface area contributed by atoms with E-state index in [2.05, 4.69) is 34.8 Å². The van der Waals surface area contributed by atoms with Crippen molar-refractivity contribution in [3.05, 3.63) is 47.6 Å². The SMILES string of the molecule is Cc1cc(-c2noc(C(F)(F)F)n2)cnc1NC(=O)OCc1ccc(N2CCOCC2)nc1. The highest BCUT2D eigenvalue weighted by atomic mass is 19.4. The summed E-state index contributed by atoms with van der Waals surface area (Å²) in [5.41, 5.74) is 1.39. The van der Waals surface area contributed by atoms with Crippen LogP contribution in [0, 0.1) is 6.92 Å². The Morgan fingerprint density at radius 3 is 2.64 bits per heavy atom. The predicted octanol–water partition coefficient (Wildman–Crippen LogP) is 3.44. The number of ether oxygens (including phenoxy) is 2. The van der Waals surface area contributed by atoms with Crippen LogP contribution in [0.15, 0.2) is 35.1 Å². The summed E-state index contributed by atoms with van der Waals surface area (Å²) in [6.45, 7) is 4.47. The molecule has 0 aromatic carbocycles. The number of nitrogens with zero attached hydrogens (tertiary/aromatic N) is 5. The number of alkyl halides is 3. The fraction of sp³-hybridized carbons (Fsp3) is 0.350. The second-order valence-electron chi connectivity index (χ2n) is 7.14. The van der Waals surface area contributed by atoms with Crippen molar-refractivity contribution in [2.24, 2.45) is 0 Å². The quantitative estimate of drug-likeness (QED) is 0.606. The molecular weight excluding hydrogens is 445 g/mol. The monoisotopic (exact) mass is 464 g/mol. The van der Waals surface area contributed by atoms with Gasteiger partial charge >= 0.3 is 18.2 Å². The van der Waals surface area contributed by atoms with E-state index >= 15 is 0 Å². The van der Waals surface area contributed by atoms with Crippen LogP contribution in [0.4, 0.5) is 29.6 Å². The molecule has 1 fully saturated rings. The van der Waals surface area contributed by atoms with Gasteiger partial charge in [-0.1, -0.05) is 11.2 Å². The third kappa shape index (κ3) is 5.55. The van der Waals surface area contributed by atoms with E-state index < -0.39 is 18.2 Å². The Kier molecular flexibility index (Phi) is 6.40. The van der Waals surface area contributed by atoms with Gasteiger partial charge in [-0.15, -0.1) is 0 Å². The number of pyridine rings is 2. The van der Waals surface area contributed by atoms with E-state index in [1.54, 1.807) is 13.1 Å². The standard InChI is InChI=1S/C20H19F3N6O4/c1-12-8-14(17-26-18(33-28-17)20(21,22)23)10-25-16(12)27-19(30)32-11-13-2-3-15(24-9-13)29-4-6-31-7-5-29/h2-3,8-10H,4-7,11H2,1H3,(H,25,27,30). The Labute approximate surface area is 185 Å². The molecule has 3 aromatic rings. The van der Waals surface area contributed by atoms with E-state index in [0.29, 0.717) is 24.3 Å². The van der Waals surface area contributed by atoms with E-state index in [1.807, 2.05) is 12.1 Å². The number of hydrogen-bond donors (Lipinski definition) is 1. The Bertz CT molecular complexity index is 1110. The topological polar surface area (TPSA) is 116 Å². The summed E-state index contributed by atoms with van der Waals surface area (Å²) in [6.07, 6.45) is -2.62. The van der Waals surface area contributed by atoms with E-state index in [9.17, 15) is 18.0 Å². The molecule has 1 saturated heterocycles. The molecule has 1 amide bonds. The first-order valence-corrected chi connectivity index (χ1v) is 9.89. The molecule has 0 atom stereocenters. The van der Waals surface area contributed by atoms with E-state index in [-0.39, 0.29) is 23.8 Å². The first-order valence-electron chi connectivity index (χ1n) is 9.89. The zero-order valence-electron chi connectivity index (χ0n) is 17.4. The molecule has 0 unspecified atom stereocenters. The number of nitrogens with one attached hydrogen (secondary N) is 1. The molecule has 0 bridgehead atoms. The van der Waals surface area contributed by atoms with Gasteiger partial charge in [0.2, 0.25) is 5.82 Å². The molecule has 0 radical (unpaired) electrons. The lowest BCUT2D eigenvalue weighted by molar-refractivity contribution is -0.159. The van der Waals surface area contributed by atoms with E-state index in [1.165, 1.54) is 12.3 Å². The fourth-order valence-corrected chi connectivity index (χ4v) is 3.05. The molecule has 13 heteroatoms. The van der Waals surface area contributed by atoms with Crippen LogP contribution in [-0.4, -0.2) is 52.5 Å². The lowest BCUT2D eigenvalue weighted by Crippen LogP contribution is -2.36. The van der Waals surface area contributed by atoms with Crippen molar-refractivity contribution in [3.63, 3.8) is 0 Å². The Balaban J connectivity index is 1.32. The lowest BCUT2D eigenvalue weighted by Gasteiger charge is -2.27. The molecule has 10 nitrogen and oxygen atoms in total.